The summed E-state index contributed by atoms with van der Waals surface area (Å²) in [7, 11) is 3.91. The number of hydrogen-bond acceptors (Lipinski definition) is 3. The van der Waals surface area contributed by atoms with Gasteiger partial charge >= 0.3 is 0 Å². The second-order valence-electron chi connectivity index (χ2n) is 6.44. The molecule has 0 aromatic heterocycles. The van der Waals surface area contributed by atoms with Crippen LogP contribution in [0.3, 0.4) is 0 Å². The maximum absolute atomic E-state index is 12.8. The first kappa shape index (κ1) is 19.1. The summed E-state index contributed by atoms with van der Waals surface area (Å²) >= 11 is 0. The topological polar surface area (TPSA) is 40.5 Å². The molecule has 1 N–H and O–H groups in total. The predicted octanol–water partition coefficient (Wildman–Crippen LogP) is 3.40. The molecule has 1 fully saturated rings. The van der Waals surface area contributed by atoms with Gasteiger partial charge in [0.1, 0.15) is 0 Å². The molecule has 22 heavy (non-hydrogen) atoms. The van der Waals surface area contributed by atoms with Crippen LogP contribution in [-0.4, -0.2) is 36.4 Å². The molecule has 2 rings (SSSR count). The number of ketones is 1. The number of aliphatic hydroxyl groups is 1. The second kappa shape index (κ2) is 8.66. The minimum atomic E-state index is -1.31. The van der Waals surface area contributed by atoms with Gasteiger partial charge in [0.05, 0.1) is 0 Å². The molecule has 1 aliphatic rings. The number of rotatable bonds is 6. The normalized spacial score (nSPS) is 18.5. The molecule has 0 spiro atoms. The highest BCUT2D eigenvalue weighted by atomic mass is 35.5. The molecule has 1 aromatic rings. The molecule has 1 aromatic carbocycles. The van der Waals surface area contributed by atoms with E-state index in [0.29, 0.717) is 13.0 Å². The van der Waals surface area contributed by atoms with Crippen molar-refractivity contribution in [2.45, 2.75) is 44.1 Å². The van der Waals surface area contributed by atoms with Crippen molar-refractivity contribution in [2.24, 2.45) is 5.92 Å². The zero-order chi connectivity index (χ0) is 15.3. The van der Waals surface area contributed by atoms with Crippen molar-refractivity contribution < 1.29 is 9.90 Å². The molecule has 1 saturated carbocycles. The minimum Gasteiger partial charge on any atom is -0.377 e. The Morgan fingerprint density at radius 1 is 1.18 bits per heavy atom. The summed E-state index contributed by atoms with van der Waals surface area (Å²) in [5.41, 5.74) is -0.543. The van der Waals surface area contributed by atoms with E-state index in [9.17, 15) is 9.90 Å². The number of benzene rings is 1. The van der Waals surface area contributed by atoms with E-state index in [2.05, 4.69) is 0 Å². The van der Waals surface area contributed by atoms with Crippen molar-refractivity contribution >= 4 is 18.2 Å². The van der Waals surface area contributed by atoms with Crippen LogP contribution in [0.5, 0.6) is 0 Å². The van der Waals surface area contributed by atoms with Gasteiger partial charge in [0.15, 0.2) is 11.4 Å². The van der Waals surface area contributed by atoms with Crippen LogP contribution in [0.1, 0.15) is 44.1 Å². The van der Waals surface area contributed by atoms with Crippen LogP contribution in [-0.2, 0) is 10.4 Å². The van der Waals surface area contributed by atoms with Gasteiger partial charge in [-0.1, -0.05) is 49.6 Å². The van der Waals surface area contributed by atoms with Crippen molar-refractivity contribution in [2.75, 3.05) is 20.6 Å². The standard InChI is InChI=1S/C18H27NO2.ClH/c1-19(2)14-13-17(20)18(21,15-9-5-3-6-10-15)16-11-7-4-8-12-16;/h3,5-6,9-10,16,21H,4,7-8,11-14H2,1-2H3;1H. The number of carbonyl (C=O) groups excluding carboxylic acids is 1. The molecule has 4 heteroatoms. The molecule has 0 aliphatic heterocycles. The Labute approximate surface area is 140 Å². The molecule has 3 nitrogen and oxygen atoms in total. The van der Waals surface area contributed by atoms with Crippen molar-refractivity contribution in [3.8, 4) is 0 Å². The summed E-state index contributed by atoms with van der Waals surface area (Å²) in [6.07, 6.45) is 5.72. The lowest BCUT2D eigenvalue weighted by Crippen LogP contribution is -2.44. The van der Waals surface area contributed by atoms with Crippen molar-refractivity contribution in [3.63, 3.8) is 0 Å². The molecular formula is C18H28ClNO2. The fourth-order valence-corrected chi connectivity index (χ4v) is 3.35. The zero-order valence-electron chi connectivity index (χ0n) is 13.6. The molecule has 0 heterocycles. The predicted molar refractivity (Wildman–Crippen MR) is 92.3 cm³/mol. The average Bonchev–Trinajstić information content (AvgIpc) is 2.53. The highest BCUT2D eigenvalue weighted by Crippen LogP contribution is 2.40. The molecule has 1 unspecified atom stereocenters. The highest BCUT2D eigenvalue weighted by molar-refractivity contribution is 5.88. The van der Waals surface area contributed by atoms with E-state index in [-0.39, 0.29) is 24.1 Å². The van der Waals surface area contributed by atoms with Crippen LogP contribution in [0.2, 0.25) is 0 Å². The van der Waals surface area contributed by atoms with Gasteiger partial charge in [-0.2, -0.15) is 0 Å². The Morgan fingerprint density at radius 3 is 2.32 bits per heavy atom. The van der Waals surface area contributed by atoms with E-state index in [4.69, 9.17) is 0 Å². The Balaban J connectivity index is 0.00000242. The van der Waals surface area contributed by atoms with Crippen LogP contribution >= 0.6 is 12.4 Å². The molecule has 1 atom stereocenters. The van der Waals surface area contributed by atoms with E-state index < -0.39 is 5.60 Å². The molecule has 0 bridgehead atoms. The fourth-order valence-electron chi connectivity index (χ4n) is 3.35. The summed E-state index contributed by atoms with van der Waals surface area (Å²) in [5.74, 6) is 0.0256. The maximum atomic E-state index is 12.8. The highest BCUT2D eigenvalue weighted by Gasteiger charge is 2.44. The molecular weight excluding hydrogens is 298 g/mol. The molecule has 0 radical (unpaired) electrons. The van der Waals surface area contributed by atoms with Gasteiger partial charge in [0.2, 0.25) is 0 Å². The van der Waals surface area contributed by atoms with Gasteiger partial charge in [-0.3, -0.25) is 4.79 Å². The van der Waals surface area contributed by atoms with E-state index in [1.165, 1.54) is 6.42 Å². The molecule has 0 amide bonds. The lowest BCUT2D eigenvalue weighted by Gasteiger charge is -2.38. The summed E-state index contributed by atoms with van der Waals surface area (Å²) in [5, 5.41) is 11.3. The van der Waals surface area contributed by atoms with Gasteiger partial charge in [-0.05, 0) is 38.4 Å². The Bertz CT molecular complexity index is 457. The van der Waals surface area contributed by atoms with E-state index >= 15 is 0 Å². The average molecular weight is 326 g/mol. The number of Topliss-reactive ketones (excluding diaryl/α,β-unsaturated/α-hetero) is 1. The van der Waals surface area contributed by atoms with E-state index in [1.54, 1.807) is 0 Å². The summed E-state index contributed by atoms with van der Waals surface area (Å²) < 4.78 is 0. The van der Waals surface area contributed by atoms with Crippen molar-refractivity contribution in [1.82, 2.24) is 4.90 Å². The summed E-state index contributed by atoms with van der Waals surface area (Å²) in [4.78, 5) is 14.8. The lowest BCUT2D eigenvalue weighted by atomic mass is 9.70. The quantitative estimate of drug-likeness (QED) is 0.871. The number of nitrogens with zero attached hydrogens (tertiary/aromatic N) is 1. The van der Waals surface area contributed by atoms with E-state index in [1.807, 2.05) is 49.3 Å². The fraction of sp³-hybridized carbons (Fsp3) is 0.611. The van der Waals surface area contributed by atoms with Crippen LogP contribution in [0.25, 0.3) is 0 Å². The first-order valence-corrected chi connectivity index (χ1v) is 8.01. The number of hydrogen-bond donors (Lipinski definition) is 1. The summed E-state index contributed by atoms with van der Waals surface area (Å²) in [6, 6.07) is 9.52. The van der Waals surface area contributed by atoms with E-state index in [0.717, 1.165) is 31.2 Å². The third-order valence-electron chi connectivity index (χ3n) is 4.62. The van der Waals surface area contributed by atoms with Crippen molar-refractivity contribution in [1.29, 1.82) is 0 Å². The van der Waals surface area contributed by atoms with Crippen LogP contribution in [0.15, 0.2) is 30.3 Å². The van der Waals surface area contributed by atoms with Gasteiger partial charge in [0, 0.05) is 13.0 Å². The first-order valence-electron chi connectivity index (χ1n) is 8.01. The van der Waals surface area contributed by atoms with Gasteiger partial charge < -0.3 is 10.0 Å². The van der Waals surface area contributed by atoms with Crippen LogP contribution < -0.4 is 0 Å². The second-order valence-corrected chi connectivity index (χ2v) is 6.44. The minimum absolute atomic E-state index is 0. The summed E-state index contributed by atoms with van der Waals surface area (Å²) in [6.45, 7) is 0.681. The number of halogens is 1. The first-order chi connectivity index (χ1) is 10.0. The Hall–Kier alpha value is -0.900. The largest absolute Gasteiger partial charge is 0.377 e. The van der Waals surface area contributed by atoms with Crippen LogP contribution in [0, 0.1) is 5.92 Å². The Morgan fingerprint density at radius 2 is 1.77 bits per heavy atom. The third kappa shape index (κ3) is 4.31. The SMILES string of the molecule is CN(C)CCC(=O)C(O)(c1ccccc1)C1CCCCC1.Cl. The zero-order valence-corrected chi connectivity index (χ0v) is 14.4. The number of carbonyl (C=O) groups is 1. The Kier molecular flexibility index (Phi) is 7.54. The lowest BCUT2D eigenvalue weighted by molar-refractivity contribution is -0.147. The monoisotopic (exact) mass is 325 g/mol. The smallest absolute Gasteiger partial charge is 0.170 e. The van der Waals surface area contributed by atoms with Crippen molar-refractivity contribution in [3.05, 3.63) is 35.9 Å². The molecule has 1 aliphatic carbocycles. The van der Waals surface area contributed by atoms with Crippen LogP contribution in [0.4, 0.5) is 0 Å². The maximum Gasteiger partial charge on any atom is 0.170 e. The molecule has 0 saturated heterocycles. The third-order valence-corrected chi connectivity index (χ3v) is 4.62. The van der Waals surface area contributed by atoms with Gasteiger partial charge in [0.25, 0.3) is 0 Å². The van der Waals surface area contributed by atoms with Gasteiger partial charge in [-0.25, -0.2) is 0 Å². The van der Waals surface area contributed by atoms with Gasteiger partial charge in [-0.15, -0.1) is 12.4 Å². The molecule has 124 valence electrons.